The number of ether oxygens (including phenoxy) is 3. The molecule has 0 aliphatic carbocycles. The Hall–Kier alpha value is -2.54. The van der Waals surface area contributed by atoms with E-state index in [-0.39, 0.29) is 43.0 Å². The first kappa shape index (κ1) is 23.7. The molecule has 166 valence electrons. The van der Waals surface area contributed by atoms with E-state index >= 15 is 0 Å². The fourth-order valence-electron chi connectivity index (χ4n) is 2.50. The highest BCUT2D eigenvalue weighted by Crippen LogP contribution is 2.26. The van der Waals surface area contributed by atoms with Gasteiger partial charge in [0.2, 0.25) is 0 Å². The van der Waals surface area contributed by atoms with Gasteiger partial charge in [-0.25, -0.2) is 4.57 Å². The van der Waals surface area contributed by atoms with Crippen LogP contribution < -0.4 is 4.74 Å². The number of rotatable bonds is 14. The molecule has 30 heavy (non-hydrogen) atoms. The summed E-state index contributed by atoms with van der Waals surface area (Å²) >= 11 is 0. The van der Waals surface area contributed by atoms with Gasteiger partial charge in [0.15, 0.2) is 0 Å². The molecule has 0 fully saturated rings. The van der Waals surface area contributed by atoms with E-state index in [1.54, 1.807) is 19.1 Å². The Morgan fingerprint density at radius 1 is 1.13 bits per heavy atom. The Morgan fingerprint density at radius 3 is 2.53 bits per heavy atom. The van der Waals surface area contributed by atoms with E-state index in [1.807, 2.05) is 6.92 Å². The quantitative estimate of drug-likeness (QED) is 0.186. The van der Waals surface area contributed by atoms with Crippen LogP contribution in [0.3, 0.4) is 0 Å². The van der Waals surface area contributed by atoms with E-state index in [0.29, 0.717) is 19.8 Å². The fourth-order valence-corrected chi connectivity index (χ4v) is 3.53. The lowest BCUT2D eigenvalue weighted by atomic mass is 10.2. The number of imidazole rings is 1. The van der Waals surface area contributed by atoms with Gasteiger partial charge in [-0.05, 0) is 36.5 Å². The first-order valence-electron chi connectivity index (χ1n) is 9.29. The van der Waals surface area contributed by atoms with Crippen molar-refractivity contribution in [3.05, 3.63) is 46.3 Å². The molecule has 0 saturated heterocycles. The molecule has 0 amide bonds. The first-order chi connectivity index (χ1) is 14.3. The van der Waals surface area contributed by atoms with Crippen LogP contribution in [-0.4, -0.2) is 62.5 Å². The molecule has 0 radical (unpaired) electrons. The Labute approximate surface area is 174 Å². The predicted molar refractivity (Wildman–Crippen MR) is 106 cm³/mol. The molecular formula is C18H25N3O8S. The van der Waals surface area contributed by atoms with Crippen molar-refractivity contribution in [3.8, 4) is 5.75 Å². The van der Waals surface area contributed by atoms with Gasteiger partial charge < -0.3 is 24.3 Å². The number of aromatic nitrogens is 2. The molecule has 0 saturated carbocycles. The third-order valence-electron chi connectivity index (χ3n) is 3.83. The van der Waals surface area contributed by atoms with Gasteiger partial charge in [-0.2, -0.15) is 8.42 Å². The van der Waals surface area contributed by atoms with Crippen LogP contribution in [0.25, 0.3) is 0 Å². The largest absolute Gasteiger partial charge is 0.490 e. The number of aryl methyl sites for hydroxylation is 1. The Balaban J connectivity index is 1.67. The maximum Gasteiger partial charge on any atom is 0.434 e. The minimum atomic E-state index is -3.88. The molecule has 0 aliphatic heterocycles. The summed E-state index contributed by atoms with van der Waals surface area (Å²) in [5.74, 6) is -0.0147. The third-order valence-corrected chi connectivity index (χ3v) is 5.25. The Bertz CT molecular complexity index is 929. The standard InChI is InChI=1S/C18H25N3O8S/c1-3-29-30(24,25)17-5-4-15(2)14-16(17)28-13-12-27-11-10-26-9-8-20-7-6-19-18(20)21(22)23/h4-7,14H,3,8-13H2,1-2H3. The van der Waals surface area contributed by atoms with Crippen LogP contribution >= 0.6 is 0 Å². The minimum absolute atomic E-state index is 0.0214. The molecule has 0 spiro atoms. The van der Waals surface area contributed by atoms with Crippen LogP contribution in [0.1, 0.15) is 12.5 Å². The van der Waals surface area contributed by atoms with E-state index in [0.717, 1.165) is 5.56 Å². The van der Waals surface area contributed by atoms with Crippen molar-refractivity contribution < 1.29 is 31.7 Å². The third kappa shape index (κ3) is 7.06. The molecule has 0 atom stereocenters. The number of hydrogen-bond donors (Lipinski definition) is 0. The van der Waals surface area contributed by atoms with E-state index < -0.39 is 15.0 Å². The average Bonchev–Trinajstić information content (AvgIpc) is 3.15. The molecule has 2 rings (SSSR count). The molecule has 0 unspecified atom stereocenters. The summed E-state index contributed by atoms with van der Waals surface area (Å²) < 4.78 is 46.9. The van der Waals surface area contributed by atoms with Crippen LogP contribution in [0.15, 0.2) is 35.5 Å². The second-order valence-electron chi connectivity index (χ2n) is 6.06. The van der Waals surface area contributed by atoms with Crippen molar-refractivity contribution in [3.63, 3.8) is 0 Å². The molecule has 0 bridgehead atoms. The van der Waals surface area contributed by atoms with Crippen LogP contribution in [0.5, 0.6) is 5.75 Å². The van der Waals surface area contributed by atoms with E-state index in [2.05, 4.69) is 4.98 Å². The molecule has 11 nitrogen and oxygen atoms in total. The molecule has 2 aromatic rings. The Kier molecular flexibility index (Phi) is 9.17. The van der Waals surface area contributed by atoms with Gasteiger partial charge >= 0.3 is 16.1 Å². The number of benzene rings is 1. The lowest BCUT2D eigenvalue weighted by molar-refractivity contribution is -0.396. The highest BCUT2D eigenvalue weighted by Gasteiger charge is 2.20. The van der Waals surface area contributed by atoms with Gasteiger partial charge in [-0.3, -0.25) is 4.18 Å². The highest BCUT2D eigenvalue weighted by molar-refractivity contribution is 7.86. The van der Waals surface area contributed by atoms with Crippen molar-refractivity contribution in [2.24, 2.45) is 0 Å². The lowest BCUT2D eigenvalue weighted by Crippen LogP contribution is -2.14. The number of hydrogen-bond acceptors (Lipinski definition) is 9. The van der Waals surface area contributed by atoms with E-state index in [4.69, 9.17) is 18.4 Å². The zero-order valence-electron chi connectivity index (χ0n) is 16.9. The highest BCUT2D eigenvalue weighted by atomic mass is 32.2. The van der Waals surface area contributed by atoms with Gasteiger partial charge in [0, 0.05) is 0 Å². The summed E-state index contributed by atoms with van der Waals surface area (Å²) in [5.41, 5.74) is 0.855. The topological polar surface area (TPSA) is 132 Å². The van der Waals surface area contributed by atoms with Crippen LogP contribution in [-0.2, 0) is 30.3 Å². The molecule has 0 aliphatic rings. The molecule has 0 N–H and O–H groups in total. The summed E-state index contributed by atoms with van der Waals surface area (Å²) in [7, 11) is -3.88. The molecule has 1 aromatic heterocycles. The zero-order valence-corrected chi connectivity index (χ0v) is 17.7. The predicted octanol–water partition coefficient (Wildman–Crippen LogP) is 1.94. The van der Waals surface area contributed by atoms with Gasteiger partial charge in [-0.15, -0.1) is 0 Å². The van der Waals surface area contributed by atoms with Gasteiger partial charge in [0.05, 0.1) is 39.6 Å². The van der Waals surface area contributed by atoms with Crippen LogP contribution in [0.4, 0.5) is 5.95 Å². The second-order valence-corrected chi connectivity index (χ2v) is 7.65. The molecular weight excluding hydrogens is 418 g/mol. The van der Waals surface area contributed by atoms with E-state index in [1.165, 1.54) is 23.0 Å². The average molecular weight is 443 g/mol. The van der Waals surface area contributed by atoms with Crippen LogP contribution in [0, 0.1) is 17.0 Å². The zero-order chi connectivity index (χ0) is 22.0. The van der Waals surface area contributed by atoms with Gasteiger partial charge in [0.1, 0.15) is 29.6 Å². The maximum atomic E-state index is 12.2. The summed E-state index contributed by atoms with van der Waals surface area (Å²) in [6.07, 6.45) is 2.88. The van der Waals surface area contributed by atoms with Gasteiger partial charge in [0.25, 0.3) is 0 Å². The molecule has 1 heterocycles. The van der Waals surface area contributed by atoms with Crippen LogP contribution in [0.2, 0.25) is 0 Å². The number of nitrogens with zero attached hydrogens (tertiary/aromatic N) is 3. The fraction of sp³-hybridized carbons (Fsp3) is 0.500. The summed E-state index contributed by atoms with van der Waals surface area (Å²) in [4.78, 5) is 13.8. The SMILES string of the molecule is CCOS(=O)(=O)c1ccc(C)cc1OCCOCCOCCn1ccnc1[N+](=O)[O-]. The van der Waals surface area contributed by atoms with Crippen molar-refractivity contribution in [1.29, 1.82) is 0 Å². The van der Waals surface area contributed by atoms with E-state index in [9.17, 15) is 18.5 Å². The summed E-state index contributed by atoms with van der Waals surface area (Å²) in [6.45, 7) is 5.03. The Morgan fingerprint density at radius 2 is 1.83 bits per heavy atom. The monoisotopic (exact) mass is 443 g/mol. The number of nitro groups is 1. The lowest BCUT2D eigenvalue weighted by Gasteiger charge is -2.13. The van der Waals surface area contributed by atoms with Crippen molar-refractivity contribution in [1.82, 2.24) is 9.55 Å². The van der Waals surface area contributed by atoms with Crippen molar-refractivity contribution in [2.45, 2.75) is 25.3 Å². The summed E-state index contributed by atoms with van der Waals surface area (Å²) in [5, 5.41) is 10.8. The molecule has 12 heteroatoms. The minimum Gasteiger partial charge on any atom is -0.490 e. The second kappa shape index (κ2) is 11.6. The summed E-state index contributed by atoms with van der Waals surface area (Å²) in [6, 6.07) is 4.75. The van der Waals surface area contributed by atoms with Crippen molar-refractivity contribution in [2.75, 3.05) is 39.6 Å². The normalized spacial score (nSPS) is 11.5. The molecule has 1 aromatic carbocycles. The van der Waals surface area contributed by atoms with Crippen molar-refractivity contribution >= 4 is 16.1 Å². The maximum absolute atomic E-state index is 12.2. The first-order valence-corrected chi connectivity index (χ1v) is 10.7. The van der Waals surface area contributed by atoms with Gasteiger partial charge in [-0.1, -0.05) is 11.1 Å². The smallest absolute Gasteiger partial charge is 0.434 e.